The van der Waals surface area contributed by atoms with Gasteiger partial charge in [0.2, 0.25) is 11.8 Å². The average Bonchev–Trinajstić information content (AvgIpc) is 2.74. The molecule has 5 heteroatoms. The molecule has 1 aliphatic heterocycles. The van der Waals surface area contributed by atoms with E-state index in [1.807, 2.05) is 30.3 Å². The highest BCUT2D eigenvalue weighted by Crippen LogP contribution is 2.19. The van der Waals surface area contributed by atoms with Crippen LogP contribution in [0.2, 0.25) is 0 Å². The quantitative estimate of drug-likeness (QED) is 0.844. The van der Waals surface area contributed by atoms with Crippen molar-refractivity contribution in [3.05, 3.63) is 42.0 Å². The van der Waals surface area contributed by atoms with Crippen LogP contribution in [0.3, 0.4) is 0 Å². The summed E-state index contributed by atoms with van der Waals surface area (Å²) in [6.45, 7) is 0.952. The Morgan fingerprint density at radius 2 is 2.14 bits per heavy atom. The molecule has 0 saturated carbocycles. The molecular weight excluding hydrogens is 268 g/mol. The van der Waals surface area contributed by atoms with Crippen LogP contribution in [0.15, 0.2) is 36.4 Å². The molecule has 0 unspecified atom stereocenters. The standard InChI is InChI=1S/C16H20N2O3/c1-21-14-8-3-2-6-12(14)10-15(19)18-9-5-4-7-13(11-18)16(17)20/h2-4,6-8,13H,5,9-11H2,1H3,(H2,17,20)/t13-/m0/s1. The van der Waals surface area contributed by atoms with Crippen molar-refractivity contribution in [2.75, 3.05) is 20.2 Å². The molecule has 5 nitrogen and oxygen atoms in total. The zero-order valence-corrected chi connectivity index (χ0v) is 12.1. The summed E-state index contributed by atoms with van der Waals surface area (Å²) in [4.78, 5) is 25.5. The number of para-hydroxylation sites is 1. The van der Waals surface area contributed by atoms with Gasteiger partial charge in [0.15, 0.2) is 0 Å². The summed E-state index contributed by atoms with van der Waals surface area (Å²) < 4.78 is 5.26. The first kappa shape index (κ1) is 15.1. The van der Waals surface area contributed by atoms with Crippen LogP contribution in [0.4, 0.5) is 0 Å². The molecule has 0 aliphatic carbocycles. The number of ether oxygens (including phenoxy) is 1. The molecular formula is C16H20N2O3. The smallest absolute Gasteiger partial charge is 0.227 e. The number of carbonyl (C=O) groups excluding carboxylic acids is 2. The van der Waals surface area contributed by atoms with Gasteiger partial charge in [-0.15, -0.1) is 0 Å². The van der Waals surface area contributed by atoms with Gasteiger partial charge < -0.3 is 15.4 Å². The van der Waals surface area contributed by atoms with Crippen LogP contribution in [0.25, 0.3) is 0 Å². The Hall–Kier alpha value is -2.30. The monoisotopic (exact) mass is 288 g/mol. The number of hydrogen-bond acceptors (Lipinski definition) is 3. The van der Waals surface area contributed by atoms with Gasteiger partial charge in [0.25, 0.3) is 0 Å². The number of rotatable bonds is 4. The second kappa shape index (κ2) is 6.92. The third-order valence-corrected chi connectivity index (χ3v) is 3.60. The minimum absolute atomic E-state index is 0.0190. The summed E-state index contributed by atoms with van der Waals surface area (Å²) in [5.74, 6) is -0.128. The summed E-state index contributed by atoms with van der Waals surface area (Å²) in [5, 5.41) is 0. The predicted octanol–water partition coefficient (Wildman–Crippen LogP) is 1.13. The largest absolute Gasteiger partial charge is 0.496 e. The van der Waals surface area contributed by atoms with Gasteiger partial charge in [-0.1, -0.05) is 30.4 Å². The van der Waals surface area contributed by atoms with Crippen molar-refractivity contribution in [1.29, 1.82) is 0 Å². The van der Waals surface area contributed by atoms with E-state index in [2.05, 4.69) is 0 Å². The maximum atomic E-state index is 12.4. The average molecular weight is 288 g/mol. The number of carbonyl (C=O) groups is 2. The molecule has 0 fully saturated rings. The Labute approximate surface area is 124 Å². The van der Waals surface area contributed by atoms with Crippen molar-refractivity contribution >= 4 is 11.8 Å². The highest BCUT2D eigenvalue weighted by Gasteiger charge is 2.23. The molecule has 0 spiro atoms. The van der Waals surface area contributed by atoms with Crippen LogP contribution in [0.1, 0.15) is 12.0 Å². The Kier molecular flexibility index (Phi) is 4.98. The third-order valence-electron chi connectivity index (χ3n) is 3.60. The number of nitrogens with zero attached hydrogens (tertiary/aromatic N) is 1. The number of primary amides is 1. The van der Waals surface area contributed by atoms with E-state index in [1.54, 1.807) is 18.1 Å². The molecule has 2 N–H and O–H groups in total. The zero-order valence-electron chi connectivity index (χ0n) is 12.1. The lowest BCUT2D eigenvalue weighted by Gasteiger charge is -2.23. The van der Waals surface area contributed by atoms with E-state index in [1.165, 1.54) is 0 Å². The molecule has 21 heavy (non-hydrogen) atoms. The maximum absolute atomic E-state index is 12.4. The minimum atomic E-state index is -0.408. The van der Waals surface area contributed by atoms with Crippen molar-refractivity contribution in [1.82, 2.24) is 4.90 Å². The van der Waals surface area contributed by atoms with Crippen LogP contribution in [-0.4, -0.2) is 36.9 Å². The lowest BCUT2D eigenvalue weighted by atomic mass is 10.1. The van der Waals surface area contributed by atoms with Gasteiger partial charge in [-0.3, -0.25) is 9.59 Å². The summed E-state index contributed by atoms with van der Waals surface area (Å²) in [6.07, 6.45) is 4.70. The first-order valence-corrected chi connectivity index (χ1v) is 6.97. The van der Waals surface area contributed by atoms with Gasteiger partial charge in [0.1, 0.15) is 5.75 Å². The van der Waals surface area contributed by atoms with Crippen LogP contribution < -0.4 is 10.5 Å². The Balaban J connectivity index is 2.07. The molecule has 0 aromatic heterocycles. The highest BCUT2D eigenvalue weighted by atomic mass is 16.5. The summed E-state index contributed by atoms with van der Waals surface area (Å²) in [5.41, 5.74) is 6.19. The normalized spacial score (nSPS) is 18.1. The number of nitrogens with two attached hydrogens (primary N) is 1. The Bertz CT molecular complexity index is 554. The van der Waals surface area contributed by atoms with E-state index >= 15 is 0 Å². The van der Waals surface area contributed by atoms with Crippen LogP contribution in [0.5, 0.6) is 5.75 Å². The molecule has 1 heterocycles. The number of benzene rings is 1. The summed E-state index contributed by atoms with van der Waals surface area (Å²) in [7, 11) is 1.59. The molecule has 2 amide bonds. The molecule has 0 radical (unpaired) electrons. The van der Waals surface area contributed by atoms with Gasteiger partial charge in [-0.25, -0.2) is 0 Å². The molecule has 0 bridgehead atoms. The number of amides is 2. The van der Waals surface area contributed by atoms with Gasteiger partial charge in [0, 0.05) is 18.7 Å². The molecule has 1 aliphatic rings. The Morgan fingerprint density at radius 1 is 1.38 bits per heavy atom. The van der Waals surface area contributed by atoms with E-state index in [4.69, 9.17) is 10.5 Å². The fourth-order valence-corrected chi connectivity index (χ4v) is 2.42. The SMILES string of the molecule is COc1ccccc1CC(=O)N1CCC=C[C@H](C(N)=O)C1. The predicted molar refractivity (Wildman–Crippen MR) is 79.7 cm³/mol. The fourth-order valence-electron chi connectivity index (χ4n) is 2.42. The van der Waals surface area contributed by atoms with Gasteiger partial charge in [-0.05, 0) is 12.5 Å². The van der Waals surface area contributed by atoms with Crippen molar-refractivity contribution < 1.29 is 14.3 Å². The van der Waals surface area contributed by atoms with E-state index in [0.29, 0.717) is 18.8 Å². The molecule has 112 valence electrons. The number of methoxy groups -OCH3 is 1. The lowest BCUT2D eigenvalue weighted by Crippen LogP contribution is -2.39. The maximum Gasteiger partial charge on any atom is 0.227 e. The van der Waals surface area contributed by atoms with Crippen LogP contribution in [0, 0.1) is 5.92 Å². The zero-order chi connectivity index (χ0) is 15.2. The van der Waals surface area contributed by atoms with Crippen molar-refractivity contribution in [3.8, 4) is 5.75 Å². The third kappa shape index (κ3) is 3.84. The summed E-state index contributed by atoms with van der Waals surface area (Å²) in [6, 6.07) is 7.45. The molecule has 1 aromatic carbocycles. The Morgan fingerprint density at radius 3 is 2.86 bits per heavy atom. The molecule has 0 saturated heterocycles. The minimum Gasteiger partial charge on any atom is -0.496 e. The van der Waals surface area contributed by atoms with Crippen molar-refractivity contribution in [2.24, 2.45) is 11.7 Å². The first-order valence-electron chi connectivity index (χ1n) is 6.97. The van der Waals surface area contributed by atoms with E-state index in [9.17, 15) is 9.59 Å². The molecule has 2 rings (SSSR count). The van der Waals surface area contributed by atoms with E-state index in [-0.39, 0.29) is 12.3 Å². The second-order valence-corrected chi connectivity index (χ2v) is 5.05. The number of hydrogen-bond donors (Lipinski definition) is 1. The van der Waals surface area contributed by atoms with Gasteiger partial charge >= 0.3 is 0 Å². The van der Waals surface area contributed by atoms with Gasteiger partial charge in [-0.2, -0.15) is 0 Å². The lowest BCUT2D eigenvalue weighted by molar-refractivity contribution is -0.131. The topological polar surface area (TPSA) is 72.6 Å². The van der Waals surface area contributed by atoms with E-state index in [0.717, 1.165) is 12.0 Å². The van der Waals surface area contributed by atoms with Crippen LogP contribution in [-0.2, 0) is 16.0 Å². The van der Waals surface area contributed by atoms with Crippen molar-refractivity contribution in [2.45, 2.75) is 12.8 Å². The fraction of sp³-hybridized carbons (Fsp3) is 0.375. The highest BCUT2D eigenvalue weighted by molar-refractivity contribution is 5.82. The van der Waals surface area contributed by atoms with E-state index < -0.39 is 11.8 Å². The van der Waals surface area contributed by atoms with Crippen LogP contribution >= 0.6 is 0 Å². The molecule has 1 atom stereocenters. The summed E-state index contributed by atoms with van der Waals surface area (Å²) >= 11 is 0. The molecule has 1 aromatic rings. The van der Waals surface area contributed by atoms with Crippen molar-refractivity contribution in [3.63, 3.8) is 0 Å². The van der Waals surface area contributed by atoms with Gasteiger partial charge in [0.05, 0.1) is 19.4 Å². The second-order valence-electron chi connectivity index (χ2n) is 5.05. The first-order chi connectivity index (χ1) is 10.1.